The molecule has 15 rings (SSSR count). The molecule has 0 saturated heterocycles. The number of anilines is 6. The summed E-state index contributed by atoms with van der Waals surface area (Å²) in [6.07, 6.45) is 0. The van der Waals surface area contributed by atoms with Gasteiger partial charge in [-0.25, -0.2) is 0 Å². The summed E-state index contributed by atoms with van der Waals surface area (Å²) >= 11 is 3.82. The van der Waals surface area contributed by atoms with Crippen LogP contribution in [0.25, 0.3) is 106 Å². The number of rotatable bonds is 8. The summed E-state index contributed by atoms with van der Waals surface area (Å²) in [6.45, 7) is 0. The molecular weight excluding hydrogens is 933 g/mol. The van der Waals surface area contributed by atoms with Crippen LogP contribution in [0.3, 0.4) is 0 Å². The molecule has 0 unspecified atom stereocenters. The summed E-state index contributed by atoms with van der Waals surface area (Å²) in [7, 11) is 0. The molecule has 0 amide bonds. The second-order valence-corrected chi connectivity index (χ2v) is 21.3. The van der Waals surface area contributed by atoms with E-state index in [-0.39, 0.29) is 0 Å². The van der Waals surface area contributed by atoms with Gasteiger partial charge in [0.2, 0.25) is 0 Å². The fraction of sp³-hybridized carbons (Fsp3) is 0. The van der Waals surface area contributed by atoms with Crippen LogP contribution in [0.15, 0.2) is 267 Å². The fourth-order valence-electron chi connectivity index (χ4n) is 11.6. The second-order valence-electron chi connectivity index (χ2n) is 19.2. The predicted molar refractivity (Wildman–Crippen MR) is 322 cm³/mol. The van der Waals surface area contributed by atoms with E-state index in [9.17, 15) is 0 Å². The van der Waals surface area contributed by atoms with E-state index in [0.717, 1.165) is 34.1 Å². The van der Waals surface area contributed by atoms with Gasteiger partial charge in [-0.05, 0) is 164 Å². The number of para-hydroxylation sites is 4. The zero-order chi connectivity index (χ0) is 48.7. The van der Waals surface area contributed by atoms with Gasteiger partial charge in [-0.2, -0.15) is 0 Å². The molecule has 0 saturated carbocycles. The van der Waals surface area contributed by atoms with Crippen molar-refractivity contribution in [3.8, 4) is 22.3 Å². The molecule has 4 heteroatoms. The molecule has 0 N–H and O–H groups in total. The van der Waals surface area contributed by atoms with Gasteiger partial charge in [-0.15, -0.1) is 22.7 Å². The van der Waals surface area contributed by atoms with E-state index in [1.807, 2.05) is 22.7 Å². The van der Waals surface area contributed by atoms with Gasteiger partial charge in [-0.1, -0.05) is 158 Å². The van der Waals surface area contributed by atoms with Crippen LogP contribution in [0, 0.1) is 0 Å². The van der Waals surface area contributed by atoms with E-state index < -0.39 is 0 Å². The summed E-state index contributed by atoms with van der Waals surface area (Å²) in [4.78, 5) is 4.67. The molecule has 13 aromatic carbocycles. The zero-order valence-corrected chi connectivity index (χ0v) is 41.7. The van der Waals surface area contributed by atoms with Crippen molar-refractivity contribution in [1.29, 1.82) is 0 Å². The van der Waals surface area contributed by atoms with Crippen molar-refractivity contribution in [1.82, 2.24) is 0 Å². The number of nitrogens with zero attached hydrogens (tertiary/aromatic N) is 2. The highest BCUT2D eigenvalue weighted by Gasteiger charge is 2.21. The minimum atomic E-state index is 1.11. The topological polar surface area (TPSA) is 6.48 Å². The molecule has 0 spiro atoms. The maximum absolute atomic E-state index is 2.48. The Labute approximate surface area is 436 Å². The molecule has 0 aliphatic carbocycles. The van der Waals surface area contributed by atoms with Crippen LogP contribution in [-0.4, -0.2) is 0 Å². The van der Waals surface area contributed by atoms with Crippen LogP contribution in [0.4, 0.5) is 34.1 Å². The molecule has 0 bridgehead atoms. The van der Waals surface area contributed by atoms with Gasteiger partial charge in [0.15, 0.2) is 0 Å². The quantitative estimate of drug-likeness (QED) is 0.111. The molecule has 346 valence electrons. The van der Waals surface area contributed by atoms with Gasteiger partial charge >= 0.3 is 0 Å². The average molecular weight is 977 g/mol. The monoisotopic (exact) mass is 976 g/mol. The third kappa shape index (κ3) is 6.91. The fourth-order valence-corrected chi connectivity index (χ4v) is 14.1. The minimum absolute atomic E-state index is 1.11. The largest absolute Gasteiger partial charge is 0.311 e. The van der Waals surface area contributed by atoms with E-state index in [1.165, 1.54) is 106 Å². The lowest BCUT2D eigenvalue weighted by atomic mass is 9.88. The van der Waals surface area contributed by atoms with Gasteiger partial charge in [0.1, 0.15) is 0 Å². The highest BCUT2D eigenvalue weighted by atomic mass is 32.1. The molecule has 15 aromatic rings. The molecule has 0 atom stereocenters. The molecule has 2 aromatic heterocycles. The Bertz CT molecular complexity index is 4240. The first-order valence-corrected chi connectivity index (χ1v) is 26.9. The number of hydrogen-bond donors (Lipinski definition) is 0. The lowest BCUT2D eigenvalue weighted by Crippen LogP contribution is -2.09. The highest BCUT2D eigenvalue weighted by molar-refractivity contribution is 7.27. The van der Waals surface area contributed by atoms with Crippen LogP contribution < -0.4 is 9.80 Å². The van der Waals surface area contributed by atoms with Crippen LogP contribution in [0.5, 0.6) is 0 Å². The number of fused-ring (bicyclic) bond motifs is 14. The Morgan fingerprint density at radius 3 is 0.905 bits per heavy atom. The Kier molecular flexibility index (Phi) is 9.97. The highest BCUT2D eigenvalue weighted by Crippen LogP contribution is 2.49. The summed E-state index contributed by atoms with van der Waals surface area (Å²) in [5.74, 6) is 0. The van der Waals surface area contributed by atoms with Gasteiger partial charge < -0.3 is 9.80 Å². The van der Waals surface area contributed by atoms with Crippen molar-refractivity contribution in [3.05, 3.63) is 267 Å². The van der Waals surface area contributed by atoms with Crippen molar-refractivity contribution in [2.45, 2.75) is 0 Å². The standard InChI is InChI=1S/C70H44N2S2/c1-5-17-49(18-6-1)71(50-19-7-2-8-20-50)53-33-29-45(30-34-53)63-43-47-41-62-48(42-61(47)57-37-39-59-55-25-13-15-27-65(55)73-69(59)67(57)63)44-64(68-58(62)38-40-60-56-26-14-16-28-66(56)74-70(60)68)46-31-35-54(36-32-46)72(51-21-9-3-10-22-51)52-23-11-4-12-24-52/h1-44H. The molecule has 0 aliphatic heterocycles. The van der Waals surface area contributed by atoms with E-state index in [2.05, 4.69) is 277 Å². The first kappa shape index (κ1) is 42.6. The summed E-state index contributed by atoms with van der Waals surface area (Å²) < 4.78 is 5.26. The van der Waals surface area contributed by atoms with Gasteiger partial charge in [0.05, 0.1) is 0 Å². The van der Waals surface area contributed by atoms with Gasteiger partial charge in [-0.3, -0.25) is 0 Å². The van der Waals surface area contributed by atoms with E-state index in [1.54, 1.807) is 0 Å². The van der Waals surface area contributed by atoms with Gasteiger partial charge in [0, 0.05) is 85.2 Å². The maximum Gasteiger partial charge on any atom is 0.0462 e. The zero-order valence-electron chi connectivity index (χ0n) is 40.1. The van der Waals surface area contributed by atoms with Crippen molar-refractivity contribution < 1.29 is 0 Å². The third-order valence-electron chi connectivity index (χ3n) is 15.0. The Morgan fingerprint density at radius 2 is 0.541 bits per heavy atom. The summed E-state index contributed by atoms with van der Waals surface area (Å²) in [5, 5.41) is 15.3. The first-order chi connectivity index (χ1) is 36.7. The number of thiophene rings is 2. The van der Waals surface area contributed by atoms with Crippen molar-refractivity contribution >= 4 is 140 Å². The molecule has 2 nitrogen and oxygen atoms in total. The third-order valence-corrected chi connectivity index (χ3v) is 17.4. The van der Waals surface area contributed by atoms with Crippen molar-refractivity contribution in [2.24, 2.45) is 0 Å². The number of benzene rings is 13. The molecule has 2 heterocycles. The smallest absolute Gasteiger partial charge is 0.0462 e. The molecule has 0 aliphatic rings. The second kappa shape index (κ2) is 17.3. The summed E-state index contributed by atoms with van der Waals surface area (Å²) in [5.41, 5.74) is 11.6. The Morgan fingerprint density at radius 1 is 0.230 bits per heavy atom. The van der Waals surface area contributed by atoms with Crippen LogP contribution in [0.2, 0.25) is 0 Å². The van der Waals surface area contributed by atoms with Gasteiger partial charge in [0.25, 0.3) is 0 Å². The lowest BCUT2D eigenvalue weighted by molar-refractivity contribution is 1.28. The van der Waals surface area contributed by atoms with Crippen LogP contribution >= 0.6 is 22.7 Å². The molecular formula is C70H44N2S2. The Balaban J connectivity index is 0.965. The molecule has 0 fully saturated rings. The first-order valence-electron chi connectivity index (χ1n) is 25.2. The minimum Gasteiger partial charge on any atom is -0.311 e. The number of hydrogen-bond acceptors (Lipinski definition) is 4. The predicted octanol–water partition coefficient (Wildman–Crippen LogP) is 21.3. The average Bonchev–Trinajstić information content (AvgIpc) is 4.05. The lowest BCUT2D eigenvalue weighted by Gasteiger charge is -2.25. The molecule has 74 heavy (non-hydrogen) atoms. The Hall–Kier alpha value is -9.06. The van der Waals surface area contributed by atoms with E-state index in [0.29, 0.717) is 0 Å². The van der Waals surface area contributed by atoms with Crippen molar-refractivity contribution in [3.63, 3.8) is 0 Å². The van der Waals surface area contributed by atoms with Crippen molar-refractivity contribution in [2.75, 3.05) is 9.80 Å². The van der Waals surface area contributed by atoms with Crippen LogP contribution in [-0.2, 0) is 0 Å². The molecule has 0 radical (unpaired) electrons. The van der Waals surface area contributed by atoms with E-state index in [4.69, 9.17) is 0 Å². The normalized spacial score (nSPS) is 11.8. The maximum atomic E-state index is 2.48. The summed E-state index contributed by atoms with van der Waals surface area (Å²) in [6, 6.07) is 98.3. The van der Waals surface area contributed by atoms with Crippen LogP contribution in [0.1, 0.15) is 0 Å². The SMILES string of the molecule is c1ccc(N(c2ccccc2)c2ccc(-c3cc4cc5c(cc(-c6ccc(N(c7ccccc7)c7ccccc7)cc6)c6c5ccc5c7ccccc7sc56)cc4c4ccc5c6ccccc6sc5c34)cc2)cc1. The van der Waals surface area contributed by atoms with E-state index >= 15 is 0 Å².